The van der Waals surface area contributed by atoms with Crippen LogP contribution < -0.4 is 10.5 Å². The monoisotopic (exact) mass is 307 g/mol. The zero-order valence-electron chi connectivity index (χ0n) is 12.9. The van der Waals surface area contributed by atoms with Crippen LogP contribution in [0.15, 0.2) is 66.7 Å². The Hall–Kier alpha value is -2.81. The highest BCUT2D eigenvalue weighted by atomic mass is 19.1. The summed E-state index contributed by atoms with van der Waals surface area (Å²) in [7, 11) is 0. The molecule has 0 amide bonds. The number of nitrogen functional groups attached to an aromatic ring is 1. The summed E-state index contributed by atoms with van der Waals surface area (Å²) < 4.78 is 20.0. The topological polar surface area (TPSA) is 35.2 Å². The van der Waals surface area contributed by atoms with E-state index < -0.39 is 0 Å². The number of ether oxygens (including phenoxy) is 1. The van der Waals surface area contributed by atoms with Crippen molar-refractivity contribution in [3.8, 4) is 16.9 Å². The van der Waals surface area contributed by atoms with Crippen molar-refractivity contribution >= 4 is 5.69 Å². The third kappa shape index (κ3) is 3.51. The molecular weight excluding hydrogens is 289 g/mol. The van der Waals surface area contributed by atoms with Crippen LogP contribution >= 0.6 is 0 Å². The van der Waals surface area contributed by atoms with Crippen molar-refractivity contribution in [2.24, 2.45) is 0 Å². The Kier molecular flexibility index (Phi) is 4.29. The lowest BCUT2D eigenvalue weighted by Gasteiger charge is -2.10. The molecule has 0 spiro atoms. The van der Waals surface area contributed by atoms with E-state index in [0.717, 1.165) is 16.7 Å². The molecular formula is C20H18FNO. The lowest BCUT2D eigenvalue weighted by Crippen LogP contribution is -1.96. The Morgan fingerprint density at radius 3 is 2.52 bits per heavy atom. The zero-order valence-corrected chi connectivity index (χ0v) is 12.9. The minimum absolute atomic E-state index is 0.326. The molecule has 0 bridgehead atoms. The minimum Gasteiger partial charge on any atom is -0.489 e. The van der Waals surface area contributed by atoms with Crippen molar-refractivity contribution in [3.63, 3.8) is 0 Å². The Morgan fingerprint density at radius 2 is 1.74 bits per heavy atom. The van der Waals surface area contributed by atoms with E-state index in [9.17, 15) is 4.39 Å². The number of rotatable bonds is 4. The standard InChI is InChI=1S/C20H18FNO/c1-14-10-18(19(21)12-20(14)22)16-8-5-9-17(11-16)23-13-15-6-3-2-4-7-15/h2-12H,13,22H2,1H3. The van der Waals surface area contributed by atoms with Crippen molar-refractivity contribution in [1.82, 2.24) is 0 Å². The molecule has 116 valence electrons. The summed E-state index contributed by atoms with van der Waals surface area (Å²) in [6.07, 6.45) is 0. The summed E-state index contributed by atoms with van der Waals surface area (Å²) in [4.78, 5) is 0. The molecule has 0 saturated heterocycles. The van der Waals surface area contributed by atoms with E-state index >= 15 is 0 Å². The number of hydrogen-bond acceptors (Lipinski definition) is 2. The highest BCUT2D eigenvalue weighted by Gasteiger charge is 2.09. The third-order valence-electron chi connectivity index (χ3n) is 3.75. The second kappa shape index (κ2) is 6.53. The quantitative estimate of drug-likeness (QED) is 0.691. The predicted octanol–water partition coefficient (Wildman–Crippen LogP) is 4.96. The van der Waals surface area contributed by atoms with Gasteiger partial charge in [-0.3, -0.25) is 0 Å². The van der Waals surface area contributed by atoms with Gasteiger partial charge in [-0.15, -0.1) is 0 Å². The number of nitrogens with two attached hydrogens (primary N) is 1. The smallest absolute Gasteiger partial charge is 0.133 e. The lowest BCUT2D eigenvalue weighted by atomic mass is 10.0. The van der Waals surface area contributed by atoms with E-state index in [-0.39, 0.29) is 5.82 Å². The van der Waals surface area contributed by atoms with E-state index in [1.807, 2.05) is 61.5 Å². The summed E-state index contributed by atoms with van der Waals surface area (Å²) in [5.41, 5.74) is 9.46. The molecule has 0 aromatic heterocycles. The van der Waals surface area contributed by atoms with Crippen molar-refractivity contribution in [2.45, 2.75) is 13.5 Å². The Labute approximate surface area is 135 Å². The van der Waals surface area contributed by atoms with Crippen molar-refractivity contribution in [1.29, 1.82) is 0 Å². The summed E-state index contributed by atoms with van der Waals surface area (Å²) >= 11 is 0. The predicted molar refractivity (Wildman–Crippen MR) is 91.8 cm³/mol. The van der Waals surface area contributed by atoms with Gasteiger partial charge >= 0.3 is 0 Å². The van der Waals surface area contributed by atoms with Gasteiger partial charge in [-0.25, -0.2) is 4.39 Å². The van der Waals surface area contributed by atoms with Gasteiger partial charge in [-0.2, -0.15) is 0 Å². The van der Waals surface area contributed by atoms with Gasteiger partial charge in [0, 0.05) is 11.3 Å². The molecule has 0 radical (unpaired) electrons. The van der Waals surface area contributed by atoms with Gasteiger partial charge in [-0.1, -0.05) is 42.5 Å². The molecule has 3 aromatic rings. The van der Waals surface area contributed by atoms with Crippen LogP contribution in [0.5, 0.6) is 5.75 Å². The molecule has 0 heterocycles. The number of benzene rings is 3. The number of aryl methyl sites for hydroxylation is 1. The number of anilines is 1. The normalized spacial score (nSPS) is 10.5. The molecule has 0 fully saturated rings. The maximum atomic E-state index is 14.2. The van der Waals surface area contributed by atoms with Crippen LogP contribution in [0, 0.1) is 12.7 Å². The first kappa shape index (κ1) is 15.1. The Morgan fingerprint density at radius 1 is 0.957 bits per heavy atom. The van der Waals surface area contributed by atoms with Crippen LogP contribution in [0.25, 0.3) is 11.1 Å². The molecule has 0 aliphatic carbocycles. The first-order valence-corrected chi connectivity index (χ1v) is 7.46. The molecule has 2 nitrogen and oxygen atoms in total. The van der Waals surface area contributed by atoms with Crippen molar-refractivity contribution in [3.05, 3.63) is 83.7 Å². The maximum Gasteiger partial charge on any atom is 0.133 e. The average molecular weight is 307 g/mol. The molecule has 3 aromatic carbocycles. The molecule has 0 atom stereocenters. The van der Waals surface area contributed by atoms with Crippen LogP contribution in [0.2, 0.25) is 0 Å². The second-order valence-corrected chi connectivity index (χ2v) is 5.49. The SMILES string of the molecule is Cc1cc(-c2cccc(OCc3ccccc3)c2)c(F)cc1N. The fourth-order valence-corrected chi connectivity index (χ4v) is 2.41. The average Bonchev–Trinajstić information content (AvgIpc) is 2.57. The molecule has 0 aliphatic heterocycles. The van der Waals surface area contributed by atoms with Crippen LogP contribution in [0.1, 0.15) is 11.1 Å². The van der Waals surface area contributed by atoms with Crippen LogP contribution in [0.4, 0.5) is 10.1 Å². The highest BCUT2D eigenvalue weighted by Crippen LogP contribution is 2.29. The van der Waals surface area contributed by atoms with Gasteiger partial charge in [0.25, 0.3) is 0 Å². The van der Waals surface area contributed by atoms with E-state index in [1.54, 1.807) is 6.07 Å². The van der Waals surface area contributed by atoms with E-state index in [1.165, 1.54) is 6.07 Å². The largest absolute Gasteiger partial charge is 0.489 e. The Balaban J connectivity index is 1.84. The summed E-state index contributed by atoms with van der Waals surface area (Å²) in [5, 5.41) is 0. The summed E-state index contributed by atoms with van der Waals surface area (Å²) in [6, 6.07) is 20.5. The van der Waals surface area contributed by atoms with Crippen LogP contribution in [-0.2, 0) is 6.61 Å². The Bertz CT molecular complexity index is 815. The summed E-state index contributed by atoms with van der Waals surface area (Å²) in [5.74, 6) is 0.383. The second-order valence-electron chi connectivity index (χ2n) is 5.49. The molecule has 0 saturated carbocycles. The fourth-order valence-electron chi connectivity index (χ4n) is 2.41. The van der Waals surface area contributed by atoms with Gasteiger partial charge in [0.1, 0.15) is 18.2 Å². The van der Waals surface area contributed by atoms with Crippen molar-refractivity contribution < 1.29 is 9.13 Å². The zero-order chi connectivity index (χ0) is 16.2. The number of hydrogen-bond donors (Lipinski definition) is 1. The maximum absolute atomic E-state index is 14.2. The van der Waals surface area contributed by atoms with E-state index in [4.69, 9.17) is 10.5 Å². The third-order valence-corrected chi connectivity index (χ3v) is 3.75. The van der Waals surface area contributed by atoms with Crippen molar-refractivity contribution in [2.75, 3.05) is 5.73 Å². The molecule has 3 heteroatoms. The molecule has 23 heavy (non-hydrogen) atoms. The minimum atomic E-state index is -0.326. The lowest BCUT2D eigenvalue weighted by molar-refractivity contribution is 0.306. The molecule has 3 rings (SSSR count). The fraction of sp³-hybridized carbons (Fsp3) is 0.100. The van der Waals surface area contributed by atoms with Gasteiger partial charge in [0.05, 0.1) is 0 Å². The first-order valence-electron chi connectivity index (χ1n) is 7.46. The van der Waals surface area contributed by atoms with Crippen LogP contribution in [0.3, 0.4) is 0 Å². The van der Waals surface area contributed by atoms with Gasteiger partial charge in [-0.05, 0) is 47.9 Å². The molecule has 0 aliphatic rings. The molecule has 0 unspecified atom stereocenters. The van der Waals surface area contributed by atoms with Gasteiger partial charge in [0.15, 0.2) is 0 Å². The van der Waals surface area contributed by atoms with Gasteiger partial charge in [0.2, 0.25) is 0 Å². The summed E-state index contributed by atoms with van der Waals surface area (Å²) in [6.45, 7) is 2.35. The van der Waals surface area contributed by atoms with Crippen LogP contribution in [-0.4, -0.2) is 0 Å². The van der Waals surface area contributed by atoms with Gasteiger partial charge < -0.3 is 10.5 Å². The van der Waals surface area contributed by atoms with E-state index in [2.05, 4.69) is 0 Å². The first-order chi connectivity index (χ1) is 11.1. The molecule has 2 N–H and O–H groups in total. The highest BCUT2D eigenvalue weighted by molar-refractivity contribution is 5.69. The van der Waals surface area contributed by atoms with E-state index in [0.29, 0.717) is 23.6 Å². The number of halogens is 1.